The summed E-state index contributed by atoms with van der Waals surface area (Å²) >= 11 is 4.96. The van der Waals surface area contributed by atoms with Gasteiger partial charge in [0.1, 0.15) is 8.60 Å². The van der Waals surface area contributed by atoms with Crippen LogP contribution in [-0.4, -0.2) is 15.0 Å². The number of rotatable bonds is 2. The predicted octanol–water partition coefficient (Wildman–Crippen LogP) is 2.29. The van der Waals surface area contributed by atoms with E-state index in [4.69, 9.17) is 0 Å². The van der Waals surface area contributed by atoms with Gasteiger partial charge in [-0.2, -0.15) is 0 Å². The van der Waals surface area contributed by atoms with Crippen molar-refractivity contribution in [2.75, 3.05) is 0 Å². The quantitative estimate of drug-likeness (QED) is 0.666. The fraction of sp³-hybridized carbons (Fsp3) is 0.125. The zero-order chi connectivity index (χ0) is 10.8. The minimum absolute atomic E-state index is 0.110. The molecule has 2 heterocycles. The standard InChI is InChI=1S/C8H6IN3OS2/c1-4-2-14-8(12-4)15-7-5(9)6(13)10-3-11-7/h2-3H,1H3,(H,10,11,13). The number of nitrogens with zero attached hydrogens (tertiary/aromatic N) is 2. The minimum Gasteiger partial charge on any atom is -0.312 e. The molecule has 0 aromatic carbocycles. The van der Waals surface area contributed by atoms with Crippen LogP contribution in [-0.2, 0) is 0 Å². The van der Waals surface area contributed by atoms with Crippen LogP contribution in [0.15, 0.2) is 25.9 Å². The molecule has 0 aliphatic carbocycles. The third-order valence-corrected chi connectivity index (χ3v) is 4.97. The van der Waals surface area contributed by atoms with Gasteiger partial charge in [0.2, 0.25) is 0 Å². The van der Waals surface area contributed by atoms with Crippen LogP contribution in [0.3, 0.4) is 0 Å². The van der Waals surface area contributed by atoms with Crippen LogP contribution in [0.25, 0.3) is 0 Å². The van der Waals surface area contributed by atoms with E-state index in [0.717, 1.165) is 10.0 Å². The summed E-state index contributed by atoms with van der Waals surface area (Å²) in [6, 6.07) is 0. The zero-order valence-corrected chi connectivity index (χ0v) is 11.4. The Balaban J connectivity index is 2.32. The topological polar surface area (TPSA) is 58.6 Å². The molecule has 0 saturated carbocycles. The monoisotopic (exact) mass is 351 g/mol. The van der Waals surface area contributed by atoms with E-state index in [1.54, 1.807) is 11.3 Å². The molecule has 0 bridgehead atoms. The smallest absolute Gasteiger partial charge is 0.265 e. The summed E-state index contributed by atoms with van der Waals surface area (Å²) in [7, 11) is 0. The van der Waals surface area contributed by atoms with E-state index in [1.165, 1.54) is 18.1 Å². The number of nitrogens with one attached hydrogen (secondary N) is 1. The first-order valence-corrected chi connectivity index (χ1v) is 6.77. The molecule has 2 aromatic rings. The number of thiazole rings is 1. The first-order valence-electron chi connectivity index (χ1n) is 4.00. The van der Waals surface area contributed by atoms with Crippen molar-refractivity contribution in [1.29, 1.82) is 0 Å². The van der Waals surface area contributed by atoms with E-state index in [-0.39, 0.29) is 5.56 Å². The molecule has 0 aliphatic rings. The number of hydrogen-bond acceptors (Lipinski definition) is 5. The highest BCUT2D eigenvalue weighted by atomic mass is 127. The van der Waals surface area contributed by atoms with Gasteiger partial charge in [-0.1, -0.05) is 0 Å². The van der Waals surface area contributed by atoms with Crippen LogP contribution in [0.2, 0.25) is 0 Å². The molecule has 0 spiro atoms. The predicted molar refractivity (Wildman–Crippen MR) is 68.5 cm³/mol. The van der Waals surface area contributed by atoms with E-state index >= 15 is 0 Å². The maximum absolute atomic E-state index is 11.3. The van der Waals surface area contributed by atoms with Crippen LogP contribution < -0.4 is 5.56 Å². The molecular weight excluding hydrogens is 345 g/mol. The van der Waals surface area contributed by atoms with Gasteiger partial charge < -0.3 is 4.98 Å². The third-order valence-electron chi connectivity index (χ3n) is 1.55. The minimum atomic E-state index is -0.110. The van der Waals surface area contributed by atoms with Crippen molar-refractivity contribution in [3.8, 4) is 0 Å². The van der Waals surface area contributed by atoms with E-state index in [2.05, 4.69) is 15.0 Å². The van der Waals surface area contributed by atoms with Gasteiger partial charge in [-0.05, 0) is 41.3 Å². The van der Waals surface area contributed by atoms with Crippen molar-refractivity contribution in [2.45, 2.75) is 16.3 Å². The fourth-order valence-electron chi connectivity index (χ4n) is 0.900. The Bertz CT molecular complexity index is 537. The molecule has 0 aliphatic heterocycles. The van der Waals surface area contributed by atoms with Gasteiger partial charge in [-0.3, -0.25) is 4.79 Å². The number of H-pyrrole nitrogens is 1. The average molecular weight is 351 g/mol. The fourth-order valence-corrected chi connectivity index (χ4v) is 3.26. The Hall–Kier alpha value is -0.410. The van der Waals surface area contributed by atoms with Gasteiger partial charge >= 0.3 is 0 Å². The Labute approximate surface area is 108 Å². The summed E-state index contributed by atoms with van der Waals surface area (Å²) in [5.74, 6) is 0. The van der Waals surface area contributed by atoms with Crippen LogP contribution in [0.4, 0.5) is 0 Å². The molecule has 0 saturated heterocycles. The van der Waals surface area contributed by atoms with Crippen LogP contribution in [0.1, 0.15) is 5.69 Å². The summed E-state index contributed by atoms with van der Waals surface area (Å²) in [5.41, 5.74) is 0.878. The number of halogens is 1. The van der Waals surface area contributed by atoms with E-state index in [1.807, 2.05) is 34.9 Å². The van der Waals surface area contributed by atoms with Crippen molar-refractivity contribution in [1.82, 2.24) is 15.0 Å². The molecule has 78 valence electrons. The first kappa shape index (κ1) is 11.1. The second-order valence-electron chi connectivity index (χ2n) is 2.71. The normalized spacial score (nSPS) is 10.5. The van der Waals surface area contributed by atoms with Gasteiger partial charge in [0.15, 0.2) is 4.34 Å². The highest BCUT2D eigenvalue weighted by Gasteiger charge is 2.09. The van der Waals surface area contributed by atoms with E-state index in [0.29, 0.717) is 8.60 Å². The Morgan fingerprint density at radius 3 is 3.07 bits per heavy atom. The van der Waals surface area contributed by atoms with Crippen LogP contribution >= 0.6 is 45.7 Å². The maximum atomic E-state index is 11.3. The lowest BCUT2D eigenvalue weighted by Gasteiger charge is -1.97. The van der Waals surface area contributed by atoms with Crippen molar-refractivity contribution < 1.29 is 0 Å². The average Bonchev–Trinajstić information content (AvgIpc) is 2.59. The van der Waals surface area contributed by atoms with E-state index in [9.17, 15) is 4.79 Å². The number of aromatic nitrogens is 3. The number of aryl methyl sites for hydroxylation is 1. The lowest BCUT2D eigenvalue weighted by atomic mass is 10.6. The van der Waals surface area contributed by atoms with Gasteiger partial charge in [0.25, 0.3) is 5.56 Å². The molecule has 0 fully saturated rings. The molecule has 2 aromatic heterocycles. The summed E-state index contributed by atoms with van der Waals surface area (Å²) in [4.78, 5) is 22.2. The molecule has 0 amide bonds. The molecule has 0 radical (unpaired) electrons. The second-order valence-corrected chi connectivity index (χ2v) is 5.88. The SMILES string of the molecule is Cc1csc(Sc2nc[nH]c(=O)c2I)n1. The summed E-state index contributed by atoms with van der Waals surface area (Å²) in [6.07, 6.45) is 1.41. The molecule has 4 nitrogen and oxygen atoms in total. The largest absolute Gasteiger partial charge is 0.312 e. The van der Waals surface area contributed by atoms with Crippen molar-refractivity contribution in [3.05, 3.63) is 31.3 Å². The molecule has 0 atom stereocenters. The van der Waals surface area contributed by atoms with Gasteiger partial charge in [-0.25, -0.2) is 9.97 Å². The molecular formula is C8H6IN3OS2. The number of aromatic amines is 1. The highest BCUT2D eigenvalue weighted by molar-refractivity contribution is 14.1. The molecule has 2 rings (SSSR count). The Kier molecular flexibility index (Phi) is 3.42. The lowest BCUT2D eigenvalue weighted by molar-refractivity contribution is 0.985. The Morgan fingerprint density at radius 1 is 1.60 bits per heavy atom. The van der Waals surface area contributed by atoms with Crippen LogP contribution in [0, 0.1) is 10.5 Å². The molecule has 15 heavy (non-hydrogen) atoms. The third kappa shape index (κ3) is 2.58. The summed E-state index contributed by atoms with van der Waals surface area (Å²) in [6.45, 7) is 1.94. The molecule has 7 heteroatoms. The lowest BCUT2D eigenvalue weighted by Crippen LogP contribution is -2.10. The maximum Gasteiger partial charge on any atom is 0.265 e. The van der Waals surface area contributed by atoms with E-state index < -0.39 is 0 Å². The zero-order valence-electron chi connectivity index (χ0n) is 7.65. The Morgan fingerprint density at radius 2 is 2.40 bits per heavy atom. The van der Waals surface area contributed by atoms with Crippen molar-refractivity contribution >= 4 is 45.7 Å². The van der Waals surface area contributed by atoms with Crippen molar-refractivity contribution in [2.24, 2.45) is 0 Å². The van der Waals surface area contributed by atoms with Crippen molar-refractivity contribution in [3.63, 3.8) is 0 Å². The summed E-state index contributed by atoms with van der Waals surface area (Å²) < 4.78 is 1.51. The van der Waals surface area contributed by atoms with Gasteiger partial charge in [0.05, 0.1) is 6.33 Å². The highest BCUT2D eigenvalue weighted by Crippen LogP contribution is 2.30. The molecule has 0 unspecified atom stereocenters. The van der Waals surface area contributed by atoms with Gasteiger partial charge in [0, 0.05) is 11.1 Å². The number of hydrogen-bond donors (Lipinski definition) is 1. The second kappa shape index (κ2) is 4.62. The first-order chi connectivity index (χ1) is 7.16. The van der Waals surface area contributed by atoms with Gasteiger partial charge in [-0.15, -0.1) is 11.3 Å². The summed E-state index contributed by atoms with van der Waals surface area (Å²) in [5, 5.41) is 2.68. The molecule has 1 N–H and O–H groups in total. The van der Waals surface area contributed by atoms with Crippen LogP contribution in [0.5, 0.6) is 0 Å².